The average Bonchev–Trinajstić information content (AvgIpc) is 2.47. The molecule has 66 valence electrons. The Kier molecular flexibility index (Phi) is 1.29. The van der Waals surface area contributed by atoms with Crippen molar-refractivity contribution in [2.24, 2.45) is 0 Å². The molecule has 0 unspecified atom stereocenters. The Morgan fingerprint density at radius 3 is 3.23 bits per heavy atom. The number of rotatable bonds is 0. The van der Waals surface area contributed by atoms with E-state index in [1.54, 1.807) is 0 Å². The van der Waals surface area contributed by atoms with Crippen molar-refractivity contribution in [2.45, 2.75) is 18.8 Å². The summed E-state index contributed by atoms with van der Waals surface area (Å²) in [5, 5.41) is 3.34. The second-order valence-electron chi connectivity index (χ2n) is 3.81. The van der Waals surface area contributed by atoms with Gasteiger partial charge in [0.1, 0.15) is 0 Å². The van der Waals surface area contributed by atoms with Crippen LogP contribution in [0.25, 0.3) is 0 Å². The van der Waals surface area contributed by atoms with Crippen LogP contribution in [0.5, 0.6) is 0 Å². The van der Waals surface area contributed by atoms with Crippen LogP contribution in [-0.4, -0.2) is 12.3 Å². The number of benzene rings is 1. The largest absolute Gasteiger partial charge is 0.385 e. The van der Waals surface area contributed by atoms with Crippen molar-refractivity contribution in [1.82, 2.24) is 0 Å². The molecule has 0 spiro atoms. The Labute approximate surface area is 77.0 Å². The maximum Gasteiger partial charge on any atom is 0.163 e. The predicted molar refractivity (Wildman–Crippen MR) is 51.2 cm³/mol. The molecule has 0 radical (unpaired) electrons. The second-order valence-corrected chi connectivity index (χ2v) is 3.81. The van der Waals surface area contributed by atoms with Crippen molar-refractivity contribution in [3.8, 4) is 0 Å². The topological polar surface area (TPSA) is 29.1 Å². The molecule has 13 heavy (non-hydrogen) atoms. The number of ketones is 1. The highest BCUT2D eigenvalue weighted by Crippen LogP contribution is 2.42. The molecule has 0 fully saturated rings. The average molecular weight is 173 g/mol. The van der Waals surface area contributed by atoms with Crippen LogP contribution in [0.1, 0.15) is 34.7 Å². The quantitative estimate of drug-likeness (QED) is 0.651. The summed E-state index contributed by atoms with van der Waals surface area (Å²) in [5.74, 6) is 0.825. The van der Waals surface area contributed by atoms with Gasteiger partial charge in [0.2, 0.25) is 0 Å². The third-order valence-corrected chi connectivity index (χ3v) is 3.05. The molecular formula is C11H11NO. The van der Waals surface area contributed by atoms with Crippen LogP contribution in [0.3, 0.4) is 0 Å². The molecule has 2 nitrogen and oxygen atoms in total. The first-order valence-corrected chi connectivity index (χ1v) is 4.76. The molecule has 0 saturated heterocycles. The first-order chi connectivity index (χ1) is 6.36. The summed E-state index contributed by atoms with van der Waals surface area (Å²) in [6, 6.07) is 5.99. The summed E-state index contributed by atoms with van der Waals surface area (Å²) in [6.45, 7) is 1.01. The van der Waals surface area contributed by atoms with E-state index in [-0.39, 0.29) is 0 Å². The molecule has 0 aromatic heterocycles. The molecule has 1 aliphatic carbocycles. The number of carbonyl (C=O) groups excluding carboxylic acids is 1. The van der Waals surface area contributed by atoms with Crippen LogP contribution in [0.15, 0.2) is 18.2 Å². The number of anilines is 1. The summed E-state index contributed by atoms with van der Waals surface area (Å²) in [7, 11) is 0. The minimum absolute atomic E-state index is 0.325. The van der Waals surface area contributed by atoms with Gasteiger partial charge in [-0.15, -0.1) is 0 Å². The maximum atomic E-state index is 11.6. The minimum atomic E-state index is 0.325. The monoisotopic (exact) mass is 173 g/mol. The Hall–Kier alpha value is -1.31. The Bertz CT molecular complexity index is 384. The highest BCUT2D eigenvalue weighted by atomic mass is 16.1. The van der Waals surface area contributed by atoms with Crippen molar-refractivity contribution in [3.63, 3.8) is 0 Å². The van der Waals surface area contributed by atoms with Gasteiger partial charge in [0.05, 0.1) is 0 Å². The van der Waals surface area contributed by atoms with Gasteiger partial charge in [-0.3, -0.25) is 4.79 Å². The minimum Gasteiger partial charge on any atom is -0.385 e. The normalized spacial score (nSPS) is 24.0. The Morgan fingerprint density at radius 2 is 2.31 bits per heavy atom. The fourth-order valence-corrected chi connectivity index (χ4v) is 2.47. The Balaban J connectivity index is 2.28. The maximum absolute atomic E-state index is 11.6. The van der Waals surface area contributed by atoms with Crippen molar-refractivity contribution in [1.29, 1.82) is 0 Å². The van der Waals surface area contributed by atoms with E-state index >= 15 is 0 Å². The number of Topliss-reactive ketones (excluding diaryl/α,β-unsaturated/α-hetero) is 1. The van der Waals surface area contributed by atoms with Gasteiger partial charge >= 0.3 is 0 Å². The van der Waals surface area contributed by atoms with E-state index in [4.69, 9.17) is 0 Å². The molecule has 1 atom stereocenters. The SMILES string of the molecule is O=C1C[C@@H]2CCNc3cccc1c32. The third-order valence-electron chi connectivity index (χ3n) is 3.05. The molecule has 0 bridgehead atoms. The highest BCUT2D eigenvalue weighted by molar-refractivity contribution is 6.03. The number of nitrogens with one attached hydrogen (secondary N) is 1. The van der Waals surface area contributed by atoms with Gasteiger partial charge in [-0.25, -0.2) is 0 Å². The smallest absolute Gasteiger partial charge is 0.163 e. The van der Waals surface area contributed by atoms with Gasteiger partial charge in [0, 0.05) is 24.2 Å². The van der Waals surface area contributed by atoms with E-state index in [1.807, 2.05) is 12.1 Å². The zero-order chi connectivity index (χ0) is 8.84. The van der Waals surface area contributed by atoms with E-state index in [0.717, 1.165) is 24.9 Å². The second kappa shape index (κ2) is 2.34. The molecule has 2 aliphatic rings. The summed E-state index contributed by atoms with van der Waals surface area (Å²) in [6.07, 6.45) is 1.84. The van der Waals surface area contributed by atoms with Crippen LogP contribution in [0, 0.1) is 0 Å². The summed E-state index contributed by atoms with van der Waals surface area (Å²) in [5.41, 5.74) is 3.41. The van der Waals surface area contributed by atoms with E-state index in [0.29, 0.717) is 11.7 Å². The number of hydrogen-bond acceptors (Lipinski definition) is 2. The third kappa shape index (κ3) is 0.857. The van der Waals surface area contributed by atoms with Crippen LogP contribution >= 0.6 is 0 Å². The molecule has 0 amide bonds. The molecule has 1 aromatic carbocycles. The zero-order valence-electron chi connectivity index (χ0n) is 7.34. The first kappa shape index (κ1) is 7.13. The van der Waals surface area contributed by atoms with Crippen LogP contribution in [0.4, 0.5) is 5.69 Å². The molecule has 2 heteroatoms. The van der Waals surface area contributed by atoms with E-state index in [9.17, 15) is 4.79 Å². The fourth-order valence-electron chi connectivity index (χ4n) is 2.47. The summed E-state index contributed by atoms with van der Waals surface area (Å²) < 4.78 is 0. The standard InChI is InChI=1S/C11H11NO/c13-10-6-7-4-5-12-9-3-1-2-8(10)11(7)9/h1-3,7,12H,4-6H2/t7-/m0/s1. The lowest BCUT2D eigenvalue weighted by Gasteiger charge is -2.22. The van der Waals surface area contributed by atoms with Gasteiger partial charge in [0.25, 0.3) is 0 Å². The van der Waals surface area contributed by atoms with Gasteiger partial charge in [0.15, 0.2) is 5.78 Å². The van der Waals surface area contributed by atoms with Crippen LogP contribution < -0.4 is 5.32 Å². The molecule has 1 N–H and O–H groups in total. The van der Waals surface area contributed by atoms with Gasteiger partial charge < -0.3 is 5.32 Å². The molecular weight excluding hydrogens is 162 g/mol. The number of carbonyl (C=O) groups is 1. The van der Waals surface area contributed by atoms with E-state index in [1.165, 1.54) is 11.3 Å². The molecule has 1 heterocycles. The lowest BCUT2D eigenvalue weighted by atomic mass is 9.93. The van der Waals surface area contributed by atoms with E-state index in [2.05, 4.69) is 11.4 Å². The number of hydrogen-bond donors (Lipinski definition) is 1. The first-order valence-electron chi connectivity index (χ1n) is 4.76. The van der Waals surface area contributed by atoms with Crippen LogP contribution in [-0.2, 0) is 0 Å². The summed E-state index contributed by atoms with van der Waals surface area (Å²) >= 11 is 0. The lowest BCUT2D eigenvalue weighted by molar-refractivity contribution is 0.0988. The van der Waals surface area contributed by atoms with Gasteiger partial charge in [-0.05, 0) is 24.0 Å². The molecule has 1 aromatic rings. The molecule has 0 saturated carbocycles. The lowest BCUT2D eigenvalue weighted by Crippen LogP contribution is -2.14. The highest BCUT2D eigenvalue weighted by Gasteiger charge is 2.33. The summed E-state index contributed by atoms with van der Waals surface area (Å²) in [4.78, 5) is 11.6. The fraction of sp³-hybridized carbons (Fsp3) is 0.364. The van der Waals surface area contributed by atoms with E-state index < -0.39 is 0 Å². The van der Waals surface area contributed by atoms with Crippen molar-refractivity contribution < 1.29 is 4.79 Å². The van der Waals surface area contributed by atoms with Crippen molar-refractivity contribution in [3.05, 3.63) is 29.3 Å². The van der Waals surface area contributed by atoms with Gasteiger partial charge in [-0.2, -0.15) is 0 Å². The predicted octanol–water partition coefficient (Wildman–Crippen LogP) is 2.17. The molecule has 3 rings (SSSR count). The van der Waals surface area contributed by atoms with Crippen LogP contribution in [0.2, 0.25) is 0 Å². The van der Waals surface area contributed by atoms with Crippen molar-refractivity contribution in [2.75, 3.05) is 11.9 Å². The Morgan fingerprint density at radius 1 is 1.38 bits per heavy atom. The van der Waals surface area contributed by atoms with Gasteiger partial charge in [-0.1, -0.05) is 12.1 Å². The molecule has 1 aliphatic heterocycles. The zero-order valence-corrected chi connectivity index (χ0v) is 7.34. The van der Waals surface area contributed by atoms with Crippen molar-refractivity contribution >= 4 is 11.5 Å².